The van der Waals surface area contributed by atoms with Crippen molar-refractivity contribution in [3.63, 3.8) is 0 Å². The molecule has 3 saturated carbocycles. The fourth-order valence-electron chi connectivity index (χ4n) is 4.96. The first-order valence-corrected chi connectivity index (χ1v) is 9.68. The van der Waals surface area contributed by atoms with Gasteiger partial charge in [-0.2, -0.15) is 0 Å². The maximum absolute atomic E-state index is 6.20. The lowest BCUT2D eigenvalue weighted by Crippen LogP contribution is -2.27. The van der Waals surface area contributed by atoms with Crippen LogP contribution in [0.3, 0.4) is 0 Å². The highest BCUT2D eigenvalue weighted by Crippen LogP contribution is 2.40. The first kappa shape index (κ1) is 15.9. The van der Waals surface area contributed by atoms with Crippen molar-refractivity contribution in [3.8, 4) is 0 Å². The second-order valence-corrected chi connectivity index (χ2v) is 8.05. The van der Waals surface area contributed by atoms with Gasteiger partial charge in [-0.3, -0.25) is 0 Å². The van der Waals surface area contributed by atoms with Gasteiger partial charge >= 0.3 is 0 Å². The lowest BCUT2D eigenvalue weighted by atomic mass is 9.71. The Morgan fingerprint density at radius 1 is 0.667 bits per heavy atom. The number of hydrogen-bond donors (Lipinski definition) is 0. The SMILES string of the molecule is [B]C1CCC(OCC2CCC(C3CCCCC3)CC2)CC1. The van der Waals surface area contributed by atoms with Gasteiger partial charge in [-0.1, -0.05) is 50.8 Å². The summed E-state index contributed by atoms with van der Waals surface area (Å²) in [6.45, 7) is 1.03. The number of hydrogen-bond acceptors (Lipinski definition) is 1. The van der Waals surface area contributed by atoms with Gasteiger partial charge < -0.3 is 4.74 Å². The van der Waals surface area contributed by atoms with Crippen LogP contribution in [0.4, 0.5) is 0 Å². The van der Waals surface area contributed by atoms with Crippen molar-refractivity contribution in [1.29, 1.82) is 0 Å². The Labute approximate surface area is 133 Å². The molecule has 1 nitrogen and oxygen atoms in total. The van der Waals surface area contributed by atoms with Crippen LogP contribution >= 0.6 is 0 Å². The third kappa shape index (κ3) is 4.75. The Bertz CT molecular complexity index is 284. The number of rotatable bonds is 4. The van der Waals surface area contributed by atoms with Crippen LogP contribution in [0.15, 0.2) is 0 Å². The highest BCUT2D eigenvalue weighted by molar-refractivity contribution is 6.11. The maximum atomic E-state index is 6.20. The minimum Gasteiger partial charge on any atom is -0.378 e. The van der Waals surface area contributed by atoms with E-state index in [1.165, 1.54) is 83.5 Å². The molecule has 0 aromatic carbocycles. The molecule has 0 atom stereocenters. The zero-order valence-corrected chi connectivity index (χ0v) is 13.8. The predicted molar refractivity (Wildman–Crippen MR) is 89.7 cm³/mol. The third-order valence-electron chi connectivity index (χ3n) is 6.49. The van der Waals surface area contributed by atoms with Crippen molar-refractivity contribution in [3.05, 3.63) is 0 Å². The molecule has 0 aromatic rings. The Morgan fingerprint density at radius 2 is 1.29 bits per heavy atom. The van der Waals surface area contributed by atoms with Gasteiger partial charge in [0, 0.05) is 6.61 Å². The first-order chi connectivity index (χ1) is 10.3. The van der Waals surface area contributed by atoms with Gasteiger partial charge in [-0.25, -0.2) is 0 Å². The summed E-state index contributed by atoms with van der Waals surface area (Å²) in [6.07, 6.45) is 18.6. The van der Waals surface area contributed by atoms with Crippen molar-refractivity contribution in [2.75, 3.05) is 6.61 Å². The summed E-state index contributed by atoms with van der Waals surface area (Å²) in [5, 5.41) is 0. The zero-order valence-electron chi connectivity index (χ0n) is 13.8. The van der Waals surface area contributed by atoms with E-state index in [1.54, 1.807) is 0 Å². The van der Waals surface area contributed by atoms with Gasteiger partial charge in [-0.05, 0) is 56.3 Å². The van der Waals surface area contributed by atoms with E-state index in [-0.39, 0.29) is 0 Å². The molecule has 21 heavy (non-hydrogen) atoms. The zero-order chi connectivity index (χ0) is 14.5. The highest BCUT2D eigenvalue weighted by Gasteiger charge is 2.29. The standard InChI is InChI=1S/C19H33BO/c20-18-10-12-19(13-11-18)21-14-15-6-8-17(9-7-15)16-4-2-1-3-5-16/h15-19H,1-14H2. The molecule has 0 unspecified atom stereocenters. The fraction of sp³-hybridized carbons (Fsp3) is 1.00. The Balaban J connectivity index is 1.32. The van der Waals surface area contributed by atoms with E-state index in [0.717, 1.165) is 24.4 Å². The van der Waals surface area contributed by atoms with Gasteiger partial charge in [0.2, 0.25) is 0 Å². The minimum atomic E-state index is 0.441. The predicted octanol–water partition coefficient (Wildman–Crippen LogP) is 5.29. The molecule has 0 aliphatic heterocycles. The maximum Gasteiger partial charge on any atom is 0.0699 e. The van der Waals surface area contributed by atoms with Crippen LogP contribution in [0.5, 0.6) is 0 Å². The van der Waals surface area contributed by atoms with Crippen LogP contribution in [-0.4, -0.2) is 20.6 Å². The number of ether oxygens (including phenoxy) is 1. The van der Waals surface area contributed by atoms with Gasteiger partial charge in [0.05, 0.1) is 14.0 Å². The van der Waals surface area contributed by atoms with Gasteiger partial charge in [0.25, 0.3) is 0 Å². The van der Waals surface area contributed by atoms with Crippen LogP contribution in [0.25, 0.3) is 0 Å². The Morgan fingerprint density at radius 3 is 1.95 bits per heavy atom. The van der Waals surface area contributed by atoms with Crippen LogP contribution in [-0.2, 0) is 4.74 Å². The second kappa shape index (κ2) is 8.04. The van der Waals surface area contributed by atoms with E-state index in [9.17, 15) is 0 Å². The van der Waals surface area contributed by atoms with Gasteiger partial charge in [0.1, 0.15) is 0 Å². The molecule has 3 rings (SSSR count). The molecule has 0 amide bonds. The topological polar surface area (TPSA) is 9.23 Å². The van der Waals surface area contributed by atoms with E-state index in [1.807, 2.05) is 0 Å². The summed E-state index contributed by atoms with van der Waals surface area (Å²) in [7, 11) is 5.97. The van der Waals surface area contributed by atoms with E-state index < -0.39 is 0 Å². The molecule has 0 saturated heterocycles. The molecule has 2 radical (unpaired) electrons. The summed E-state index contributed by atoms with van der Waals surface area (Å²) in [6, 6.07) is 0. The summed E-state index contributed by atoms with van der Waals surface area (Å²) >= 11 is 0. The molecule has 118 valence electrons. The second-order valence-electron chi connectivity index (χ2n) is 8.05. The molecule has 0 spiro atoms. The molecule has 0 aromatic heterocycles. The fourth-order valence-corrected chi connectivity index (χ4v) is 4.96. The third-order valence-corrected chi connectivity index (χ3v) is 6.49. The molecule has 3 aliphatic rings. The van der Waals surface area contributed by atoms with Crippen molar-refractivity contribution in [2.45, 2.75) is 95.4 Å². The largest absolute Gasteiger partial charge is 0.378 e. The van der Waals surface area contributed by atoms with Crippen molar-refractivity contribution < 1.29 is 4.74 Å². The van der Waals surface area contributed by atoms with E-state index >= 15 is 0 Å². The normalized spacial score (nSPS) is 39.2. The van der Waals surface area contributed by atoms with Crippen LogP contribution in [0.1, 0.15) is 83.5 Å². The molecule has 0 N–H and O–H groups in total. The van der Waals surface area contributed by atoms with Crippen molar-refractivity contribution in [1.82, 2.24) is 0 Å². The van der Waals surface area contributed by atoms with Crippen LogP contribution in [0.2, 0.25) is 5.82 Å². The molecule has 0 heterocycles. The lowest BCUT2D eigenvalue weighted by molar-refractivity contribution is -0.00456. The summed E-state index contributed by atoms with van der Waals surface area (Å²) < 4.78 is 6.20. The average molecular weight is 288 g/mol. The van der Waals surface area contributed by atoms with Crippen LogP contribution < -0.4 is 0 Å². The van der Waals surface area contributed by atoms with E-state index in [4.69, 9.17) is 12.6 Å². The monoisotopic (exact) mass is 288 g/mol. The summed E-state index contributed by atoms with van der Waals surface area (Å²) in [5.74, 6) is 3.41. The van der Waals surface area contributed by atoms with Gasteiger partial charge in [0.15, 0.2) is 0 Å². The molecule has 2 heteroatoms. The molecule has 3 aliphatic carbocycles. The average Bonchev–Trinajstić information content (AvgIpc) is 2.56. The van der Waals surface area contributed by atoms with E-state index in [0.29, 0.717) is 11.9 Å². The Hall–Kier alpha value is 0.0249. The molecule has 0 bridgehead atoms. The minimum absolute atomic E-state index is 0.441. The van der Waals surface area contributed by atoms with Crippen molar-refractivity contribution in [2.24, 2.45) is 17.8 Å². The Kier molecular flexibility index (Phi) is 6.09. The first-order valence-electron chi connectivity index (χ1n) is 9.68. The summed E-state index contributed by atoms with van der Waals surface area (Å²) in [5.41, 5.74) is 0. The van der Waals surface area contributed by atoms with Gasteiger partial charge in [-0.15, -0.1) is 0 Å². The molecular weight excluding hydrogens is 255 g/mol. The molecular formula is C19H33BO. The summed E-state index contributed by atoms with van der Waals surface area (Å²) in [4.78, 5) is 0. The molecule has 3 fully saturated rings. The van der Waals surface area contributed by atoms with Crippen molar-refractivity contribution >= 4 is 7.85 Å². The van der Waals surface area contributed by atoms with Crippen LogP contribution in [0, 0.1) is 17.8 Å². The quantitative estimate of drug-likeness (QED) is 0.639. The highest BCUT2D eigenvalue weighted by atomic mass is 16.5. The lowest BCUT2D eigenvalue weighted by Gasteiger charge is -2.36. The van der Waals surface area contributed by atoms with E-state index in [2.05, 4.69) is 0 Å². The smallest absolute Gasteiger partial charge is 0.0699 e.